The van der Waals surface area contributed by atoms with Crippen LogP contribution in [0.15, 0.2) is 59.7 Å². The molecule has 0 bridgehead atoms. The summed E-state index contributed by atoms with van der Waals surface area (Å²) in [6.07, 6.45) is 6.30. The lowest BCUT2D eigenvalue weighted by Crippen LogP contribution is -2.50. The van der Waals surface area contributed by atoms with Crippen LogP contribution in [0.5, 0.6) is 0 Å². The van der Waals surface area contributed by atoms with Crippen LogP contribution in [-0.2, 0) is 6.54 Å². The molecule has 4 rings (SSSR count). The first-order valence-electron chi connectivity index (χ1n) is 9.27. The van der Waals surface area contributed by atoms with Crippen LogP contribution in [0.3, 0.4) is 0 Å². The van der Waals surface area contributed by atoms with Crippen molar-refractivity contribution in [2.24, 2.45) is 0 Å². The zero-order valence-corrected chi connectivity index (χ0v) is 15.7. The van der Waals surface area contributed by atoms with Gasteiger partial charge in [0.25, 0.3) is 11.8 Å². The first-order chi connectivity index (χ1) is 14.2. The number of carbonyl (C=O) groups is 2. The van der Waals surface area contributed by atoms with E-state index < -0.39 is 0 Å². The molecular weight excluding hydrogens is 372 g/mol. The standard InChI is InChI=1S/C20H20N6O3/c27-19(25-7-9-26(10-8-25)20(28)17-2-1-11-29-17)16-12-18(24-14-23-16)22-13-15-3-5-21-6-4-15/h1-6,11-12,14H,7-10,13H2,(H,22,23,24). The Kier molecular flexibility index (Phi) is 5.46. The van der Waals surface area contributed by atoms with Crippen molar-refractivity contribution in [3.05, 3.63) is 72.3 Å². The predicted octanol–water partition coefficient (Wildman–Crippen LogP) is 1.67. The molecule has 9 heteroatoms. The molecule has 0 aromatic carbocycles. The lowest BCUT2D eigenvalue weighted by Gasteiger charge is -2.34. The van der Waals surface area contributed by atoms with Crippen molar-refractivity contribution in [3.63, 3.8) is 0 Å². The van der Waals surface area contributed by atoms with Gasteiger partial charge in [-0.2, -0.15) is 0 Å². The third-order valence-corrected chi connectivity index (χ3v) is 4.70. The van der Waals surface area contributed by atoms with Crippen molar-refractivity contribution in [1.82, 2.24) is 24.8 Å². The highest BCUT2D eigenvalue weighted by atomic mass is 16.3. The molecule has 1 fully saturated rings. The van der Waals surface area contributed by atoms with E-state index in [9.17, 15) is 9.59 Å². The lowest BCUT2D eigenvalue weighted by atomic mass is 10.2. The Morgan fingerprint density at radius 3 is 2.41 bits per heavy atom. The molecule has 0 spiro atoms. The zero-order chi connectivity index (χ0) is 20.1. The smallest absolute Gasteiger partial charge is 0.289 e. The fourth-order valence-corrected chi connectivity index (χ4v) is 3.09. The van der Waals surface area contributed by atoms with Gasteiger partial charge in [-0.15, -0.1) is 0 Å². The Hall–Kier alpha value is -3.75. The predicted molar refractivity (Wildman–Crippen MR) is 104 cm³/mol. The molecule has 1 saturated heterocycles. The molecule has 0 radical (unpaired) electrons. The molecule has 0 saturated carbocycles. The van der Waals surface area contributed by atoms with E-state index in [-0.39, 0.29) is 11.8 Å². The van der Waals surface area contributed by atoms with E-state index >= 15 is 0 Å². The summed E-state index contributed by atoms with van der Waals surface area (Å²) >= 11 is 0. The number of aromatic nitrogens is 3. The third kappa shape index (κ3) is 4.40. The SMILES string of the molecule is O=C(c1cc(NCc2ccncc2)ncn1)N1CCN(C(=O)c2ccco2)CC1. The van der Waals surface area contributed by atoms with Crippen LogP contribution in [0.4, 0.5) is 5.82 Å². The number of furan rings is 1. The molecule has 29 heavy (non-hydrogen) atoms. The molecule has 3 aromatic rings. The normalized spacial score (nSPS) is 13.9. The van der Waals surface area contributed by atoms with Gasteiger partial charge in [0.15, 0.2) is 5.76 Å². The molecule has 9 nitrogen and oxygen atoms in total. The summed E-state index contributed by atoms with van der Waals surface area (Å²) in [4.78, 5) is 40.8. The van der Waals surface area contributed by atoms with Crippen molar-refractivity contribution in [2.45, 2.75) is 6.54 Å². The van der Waals surface area contributed by atoms with Crippen LogP contribution in [0.25, 0.3) is 0 Å². The maximum atomic E-state index is 12.8. The number of hydrogen-bond acceptors (Lipinski definition) is 7. The fourth-order valence-electron chi connectivity index (χ4n) is 3.09. The largest absolute Gasteiger partial charge is 0.459 e. The van der Waals surface area contributed by atoms with Crippen molar-refractivity contribution in [2.75, 3.05) is 31.5 Å². The summed E-state index contributed by atoms with van der Waals surface area (Å²) in [7, 11) is 0. The quantitative estimate of drug-likeness (QED) is 0.704. The summed E-state index contributed by atoms with van der Waals surface area (Å²) in [6, 6.07) is 8.78. The Morgan fingerprint density at radius 2 is 1.72 bits per heavy atom. The molecule has 0 aliphatic carbocycles. The second-order valence-corrected chi connectivity index (χ2v) is 6.56. The third-order valence-electron chi connectivity index (χ3n) is 4.70. The minimum Gasteiger partial charge on any atom is -0.459 e. The maximum absolute atomic E-state index is 12.8. The summed E-state index contributed by atoms with van der Waals surface area (Å²) in [5.41, 5.74) is 1.38. The number of anilines is 1. The fraction of sp³-hybridized carbons (Fsp3) is 0.250. The molecule has 1 N–H and O–H groups in total. The van der Waals surface area contributed by atoms with Crippen molar-refractivity contribution in [1.29, 1.82) is 0 Å². The van der Waals surface area contributed by atoms with E-state index in [1.54, 1.807) is 40.4 Å². The summed E-state index contributed by atoms with van der Waals surface area (Å²) in [6.45, 7) is 2.35. The van der Waals surface area contributed by atoms with Crippen molar-refractivity contribution in [3.8, 4) is 0 Å². The van der Waals surface area contributed by atoms with Crippen LogP contribution in [-0.4, -0.2) is 62.7 Å². The van der Waals surface area contributed by atoms with Crippen LogP contribution in [0.1, 0.15) is 26.6 Å². The van der Waals surface area contributed by atoms with Gasteiger partial charge in [-0.05, 0) is 29.8 Å². The maximum Gasteiger partial charge on any atom is 0.289 e. The van der Waals surface area contributed by atoms with Crippen LogP contribution in [0, 0.1) is 0 Å². The monoisotopic (exact) mass is 392 g/mol. The van der Waals surface area contributed by atoms with Crippen molar-refractivity contribution >= 4 is 17.6 Å². The Labute approximate surface area is 167 Å². The Balaban J connectivity index is 1.34. The highest BCUT2D eigenvalue weighted by molar-refractivity contribution is 5.94. The molecule has 0 unspecified atom stereocenters. The van der Waals surface area contributed by atoms with Gasteiger partial charge >= 0.3 is 0 Å². The summed E-state index contributed by atoms with van der Waals surface area (Å²) in [5, 5.41) is 3.18. The van der Waals surface area contributed by atoms with Crippen LogP contribution < -0.4 is 5.32 Å². The Morgan fingerprint density at radius 1 is 1.00 bits per heavy atom. The average Bonchev–Trinajstić information content (AvgIpc) is 3.33. The van der Waals surface area contributed by atoms with E-state index in [4.69, 9.17) is 4.42 Å². The van der Waals surface area contributed by atoms with E-state index in [2.05, 4.69) is 20.3 Å². The molecule has 1 aliphatic rings. The number of piperazine rings is 1. The van der Waals surface area contributed by atoms with Gasteiger partial charge in [-0.25, -0.2) is 9.97 Å². The average molecular weight is 392 g/mol. The van der Waals surface area contributed by atoms with Gasteiger partial charge in [0, 0.05) is 51.2 Å². The number of pyridine rings is 1. The van der Waals surface area contributed by atoms with Gasteiger partial charge in [-0.3, -0.25) is 14.6 Å². The molecule has 0 atom stereocenters. The molecule has 2 amide bonds. The van der Waals surface area contributed by atoms with Crippen LogP contribution in [0.2, 0.25) is 0 Å². The summed E-state index contributed by atoms with van der Waals surface area (Å²) < 4.78 is 5.16. The van der Waals surface area contributed by atoms with Crippen LogP contribution >= 0.6 is 0 Å². The highest BCUT2D eigenvalue weighted by Crippen LogP contribution is 2.13. The number of nitrogens with one attached hydrogen (secondary N) is 1. The van der Waals surface area contributed by atoms with E-state index in [1.165, 1.54) is 12.6 Å². The number of nitrogens with zero attached hydrogens (tertiary/aromatic N) is 5. The van der Waals surface area contributed by atoms with Gasteiger partial charge in [0.05, 0.1) is 6.26 Å². The second-order valence-electron chi connectivity index (χ2n) is 6.56. The van der Waals surface area contributed by atoms with Gasteiger partial charge in [-0.1, -0.05) is 0 Å². The zero-order valence-electron chi connectivity index (χ0n) is 15.7. The first-order valence-corrected chi connectivity index (χ1v) is 9.27. The van der Waals surface area contributed by atoms with Crippen molar-refractivity contribution < 1.29 is 14.0 Å². The minimum absolute atomic E-state index is 0.160. The molecular formula is C20H20N6O3. The minimum atomic E-state index is -0.176. The highest BCUT2D eigenvalue weighted by Gasteiger charge is 2.27. The Bertz CT molecular complexity index is 969. The van der Waals surface area contributed by atoms with E-state index in [0.717, 1.165) is 5.56 Å². The van der Waals surface area contributed by atoms with Gasteiger partial charge in [0.2, 0.25) is 0 Å². The van der Waals surface area contributed by atoms with E-state index in [0.29, 0.717) is 50.0 Å². The topological polar surface area (TPSA) is 104 Å². The van der Waals surface area contributed by atoms with Gasteiger partial charge in [0.1, 0.15) is 17.8 Å². The lowest BCUT2D eigenvalue weighted by molar-refractivity contribution is 0.0515. The number of rotatable bonds is 5. The first kappa shape index (κ1) is 18.6. The second kappa shape index (κ2) is 8.51. The molecule has 4 heterocycles. The number of hydrogen-bond donors (Lipinski definition) is 1. The summed E-state index contributed by atoms with van der Waals surface area (Å²) in [5.74, 6) is 0.550. The van der Waals surface area contributed by atoms with E-state index in [1.807, 2.05) is 12.1 Å². The molecule has 3 aromatic heterocycles. The number of carbonyl (C=O) groups excluding carboxylic acids is 2. The van der Waals surface area contributed by atoms with Gasteiger partial charge < -0.3 is 19.5 Å². The number of amides is 2. The molecule has 148 valence electrons. The molecule has 1 aliphatic heterocycles.